The number of carbonyl (C=O) groups is 1. The molecule has 0 atom stereocenters. The van der Waals surface area contributed by atoms with Crippen LogP contribution in [0.3, 0.4) is 0 Å². The number of halogens is 1. The summed E-state index contributed by atoms with van der Waals surface area (Å²) in [6.07, 6.45) is 0.439. The first kappa shape index (κ1) is 19.6. The van der Waals surface area contributed by atoms with Gasteiger partial charge in [-0.1, -0.05) is 5.16 Å². The molecule has 0 aliphatic heterocycles. The average Bonchev–Trinajstić information content (AvgIpc) is 3.43. The number of amides is 1. The number of methoxy groups -OCH3 is 1. The van der Waals surface area contributed by atoms with Crippen LogP contribution in [0.15, 0.2) is 53.1 Å². The van der Waals surface area contributed by atoms with Gasteiger partial charge in [-0.2, -0.15) is 14.3 Å². The highest BCUT2D eigenvalue weighted by molar-refractivity contribution is 7.10. The van der Waals surface area contributed by atoms with Gasteiger partial charge >= 0.3 is 0 Å². The van der Waals surface area contributed by atoms with E-state index in [2.05, 4.69) is 24.8 Å². The highest BCUT2D eigenvalue weighted by Crippen LogP contribution is 2.22. The van der Waals surface area contributed by atoms with Gasteiger partial charge in [-0.15, -0.1) is 0 Å². The summed E-state index contributed by atoms with van der Waals surface area (Å²) in [5.41, 5.74) is 1.46. The summed E-state index contributed by atoms with van der Waals surface area (Å²) in [5.74, 6) is 1.38. The zero-order valence-corrected chi connectivity index (χ0v) is 16.6. The maximum Gasteiger partial charge on any atom is 0.227 e. The van der Waals surface area contributed by atoms with Gasteiger partial charge in [0.2, 0.25) is 22.8 Å². The third-order valence-electron chi connectivity index (χ3n) is 4.16. The predicted octanol–water partition coefficient (Wildman–Crippen LogP) is 3.97. The summed E-state index contributed by atoms with van der Waals surface area (Å²) in [5, 5.41) is 7.00. The van der Waals surface area contributed by atoms with Crippen LogP contribution < -0.4 is 10.1 Å². The van der Waals surface area contributed by atoms with Gasteiger partial charge in [0.1, 0.15) is 11.6 Å². The molecule has 30 heavy (non-hydrogen) atoms. The number of aromatic nitrogens is 4. The summed E-state index contributed by atoms with van der Waals surface area (Å²) in [7, 11) is 1.60. The molecule has 0 saturated carbocycles. The first-order valence-corrected chi connectivity index (χ1v) is 9.74. The number of nitrogens with one attached hydrogen (secondary N) is 1. The minimum absolute atomic E-state index is 0.149. The van der Waals surface area contributed by atoms with E-state index < -0.39 is 0 Å². The van der Waals surface area contributed by atoms with E-state index in [4.69, 9.17) is 9.26 Å². The Balaban J connectivity index is 1.32. The van der Waals surface area contributed by atoms with Crippen LogP contribution in [-0.2, 0) is 11.2 Å². The van der Waals surface area contributed by atoms with E-state index >= 15 is 0 Å². The molecule has 0 bridgehead atoms. The van der Waals surface area contributed by atoms with Crippen LogP contribution in [0.1, 0.15) is 12.3 Å². The smallest absolute Gasteiger partial charge is 0.227 e. The Bertz CT molecular complexity index is 1140. The molecular formula is C20H16FN5O3S. The summed E-state index contributed by atoms with van der Waals surface area (Å²) >= 11 is 1.05. The van der Waals surface area contributed by atoms with Crippen LogP contribution in [0, 0.1) is 5.82 Å². The van der Waals surface area contributed by atoms with Gasteiger partial charge in [0.15, 0.2) is 5.82 Å². The fourth-order valence-corrected chi connectivity index (χ4v) is 3.21. The molecule has 2 aromatic heterocycles. The number of nitrogens with zero attached hydrogens (tertiary/aromatic N) is 4. The number of hydrogen-bond acceptors (Lipinski definition) is 8. The molecule has 0 aliphatic carbocycles. The van der Waals surface area contributed by atoms with Gasteiger partial charge < -0.3 is 14.6 Å². The van der Waals surface area contributed by atoms with Crippen molar-refractivity contribution < 1.29 is 18.4 Å². The van der Waals surface area contributed by atoms with E-state index in [-0.39, 0.29) is 18.1 Å². The highest BCUT2D eigenvalue weighted by Gasteiger charge is 2.13. The third kappa shape index (κ3) is 4.66. The Labute approximate surface area is 174 Å². The zero-order chi connectivity index (χ0) is 20.9. The van der Waals surface area contributed by atoms with Crippen molar-refractivity contribution >= 4 is 22.6 Å². The van der Waals surface area contributed by atoms with E-state index in [1.165, 1.54) is 12.1 Å². The van der Waals surface area contributed by atoms with Crippen molar-refractivity contribution in [3.63, 3.8) is 0 Å². The summed E-state index contributed by atoms with van der Waals surface area (Å²) < 4.78 is 27.5. The van der Waals surface area contributed by atoms with Crippen LogP contribution in [0.2, 0.25) is 0 Å². The Morgan fingerprint density at radius 3 is 2.50 bits per heavy atom. The number of rotatable bonds is 7. The van der Waals surface area contributed by atoms with E-state index in [9.17, 15) is 9.18 Å². The van der Waals surface area contributed by atoms with Crippen molar-refractivity contribution in [1.29, 1.82) is 0 Å². The van der Waals surface area contributed by atoms with Gasteiger partial charge in [0, 0.05) is 35.5 Å². The van der Waals surface area contributed by atoms with E-state index in [0.29, 0.717) is 34.7 Å². The number of carbonyl (C=O) groups excluding carboxylic acids is 1. The van der Waals surface area contributed by atoms with Crippen molar-refractivity contribution in [3.8, 4) is 28.5 Å². The number of aryl methyl sites for hydroxylation is 1. The topological polar surface area (TPSA) is 103 Å². The molecule has 1 amide bonds. The molecule has 0 radical (unpaired) electrons. The second-order valence-electron chi connectivity index (χ2n) is 6.22. The first-order chi connectivity index (χ1) is 14.6. The molecular weight excluding hydrogens is 409 g/mol. The normalized spacial score (nSPS) is 10.7. The number of benzene rings is 2. The van der Waals surface area contributed by atoms with Crippen LogP contribution in [-0.4, -0.2) is 32.5 Å². The minimum atomic E-state index is -0.335. The molecule has 1 N–H and O–H groups in total. The van der Waals surface area contributed by atoms with Gasteiger partial charge in [0.05, 0.1) is 7.11 Å². The van der Waals surface area contributed by atoms with Crippen molar-refractivity contribution in [3.05, 3.63) is 60.2 Å². The highest BCUT2D eigenvalue weighted by atomic mass is 32.1. The maximum atomic E-state index is 13.0. The SMILES string of the molecule is COc1ccc(-c2noc(CCC(=O)Nc3nc(-c4ccc(F)cc4)ns3)n2)cc1. The largest absolute Gasteiger partial charge is 0.497 e. The molecule has 0 spiro atoms. The fraction of sp³-hybridized carbons (Fsp3) is 0.150. The number of ether oxygens (including phenoxy) is 1. The molecule has 4 aromatic rings. The van der Waals surface area contributed by atoms with Crippen molar-refractivity contribution in [1.82, 2.24) is 19.5 Å². The third-order valence-corrected chi connectivity index (χ3v) is 4.79. The van der Waals surface area contributed by atoms with Crippen LogP contribution in [0.4, 0.5) is 9.52 Å². The molecule has 10 heteroatoms. The number of anilines is 1. The second-order valence-corrected chi connectivity index (χ2v) is 6.97. The quantitative estimate of drug-likeness (QED) is 0.478. The van der Waals surface area contributed by atoms with Gasteiger partial charge in [-0.05, 0) is 48.5 Å². The molecule has 4 rings (SSSR count). The number of hydrogen-bond donors (Lipinski definition) is 1. The van der Waals surface area contributed by atoms with Crippen LogP contribution >= 0.6 is 11.5 Å². The standard InChI is InChI=1S/C20H16FN5O3S/c1-28-15-8-4-12(5-9-15)18-23-17(29-25-18)11-10-16(27)22-20-24-19(26-30-20)13-2-6-14(21)7-3-13/h2-9H,10-11H2,1H3,(H,22,24,26,27). The van der Waals surface area contributed by atoms with Crippen LogP contribution in [0.25, 0.3) is 22.8 Å². The monoisotopic (exact) mass is 425 g/mol. The minimum Gasteiger partial charge on any atom is -0.497 e. The lowest BCUT2D eigenvalue weighted by Gasteiger charge is -1.99. The molecule has 2 aromatic carbocycles. The van der Waals surface area contributed by atoms with Gasteiger partial charge in [-0.3, -0.25) is 4.79 Å². The van der Waals surface area contributed by atoms with Gasteiger partial charge in [-0.25, -0.2) is 4.39 Å². The van der Waals surface area contributed by atoms with E-state index in [1.54, 1.807) is 31.4 Å². The Morgan fingerprint density at radius 2 is 1.77 bits per heavy atom. The molecule has 8 nitrogen and oxygen atoms in total. The Morgan fingerprint density at radius 1 is 1.07 bits per heavy atom. The Kier molecular flexibility index (Phi) is 5.75. The average molecular weight is 425 g/mol. The van der Waals surface area contributed by atoms with Gasteiger partial charge in [0.25, 0.3) is 0 Å². The lowest BCUT2D eigenvalue weighted by Crippen LogP contribution is -2.12. The van der Waals surface area contributed by atoms with Crippen molar-refractivity contribution in [2.45, 2.75) is 12.8 Å². The maximum absolute atomic E-state index is 13.0. The zero-order valence-electron chi connectivity index (χ0n) is 15.8. The molecule has 0 fully saturated rings. The molecule has 152 valence electrons. The molecule has 0 unspecified atom stereocenters. The van der Waals surface area contributed by atoms with Crippen molar-refractivity contribution in [2.75, 3.05) is 12.4 Å². The van der Waals surface area contributed by atoms with Crippen LogP contribution in [0.5, 0.6) is 5.75 Å². The second kappa shape index (κ2) is 8.78. The summed E-state index contributed by atoms with van der Waals surface area (Å²) in [6.45, 7) is 0. The predicted molar refractivity (Wildman–Crippen MR) is 109 cm³/mol. The lowest BCUT2D eigenvalue weighted by atomic mass is 10.2. The first-order valence-electron chi connectivity index (χ1n) is 8.97. The Hall–Kier alpha value is -3.66. The fourth-order valence-electron chi connectivity index (χ4n) is 2.61. The molecule has 0 aliphatic rings. The molecule has 2 heterocycles. The molecule has 0 saturated heterocycles. The lowest BCUT2D eigenvalue weighted by molar-refractivity contribution is -0.116. The van der Waals surface area contributed by atoms with Crippen molar-refractivity contribution in [2.24, 2.45) is 0 Å². The summed E-state index contributed by atoms with van der Waals surface area (Å²) in [4.78, 5) is 20.8. The van der Waals surface area contributed by atoms with E-state index in [1.807, 2.05) is 12.1 Å². The summed E-state index contributed by atoms with van der Waals surface area (Å²) in [6, 6.07) is 13.1. The van der Waals surface area contributed by atoms with E-state index in [0.717, 1.165) is 22.8 Å².